The lowest BCUT2D eigenvalue weighted by atomic mass is 10.2. The van der Waals surface area contributed by atoms with Gasteiger partial charge in [-0.25, -0.2) is 0 Å². The van der Waals surface area contributed by atoms with Crippen LogP contribution < -0.4 is 0 Å². The first-order valence-corrected chi connectivity index (χ1v) is 7.97. The van der Waals surface area contributed by atoms with E-state index in [-0.39, 0.29) is 12.3 Å². The van der Waals surface area contributed by atoms with Crippen molar-refractivity contribution in [1.82, 2.24) is 0 Å². The van der Waals surface area contributed by atoms with Crippen molar-refractivity contribution >= 4 is 20.2 Å². The van der Waals surface area contributed by atoms with E-state index >= 15 is 0 Å². The summed E-state index contributed by atoms with van der Waals surface area (Å²) in [5.41, 5.74) is 1.02. The van der Waals surface area contributed by atoms with Gasteiger partial charge in [0.2, 0.25) is 0 Å². The predicted molar refractivity (Wildman–Crippen MR) is 74.0 cm³/mol. The van der Waals surface area contributed by atoms with Crippen LogP contribution in [0, 0.1) is 6.92 Å². The normalized spacial score (nSPS) is 10.9. The van der Waals surface area contributed by atoms with Gasteiger partial charge in [0.05, 0.1) is 25.4 Å². The molecule has 8 heteroatoms. The van der Waals surface area contributed by atoms with E-state index in [1.807, 2.05) is 6.92 Å². The summed E-state index contributed by atoms with van der Waals surface area (Å²) in [7, 11) is -4.41. The quantitative estimate of drug-likeness (QED) is 0.787. The molecule has 1 aromatic rings. The number of hydrogen-bond acceptors (Lipinski definition) is 6. The van der Waals surface area contributed by atoms with E-state index in [0.717, 1.165) is 26.0 Å². The van der Waals surface area contributed by atoms with E-state index in [2.05, 4.69) is 8.37 Å². The van der Waals surface area contributed by atoms with E-state index in [9.17, 15) is 16.8 Å². The molecule has 0 radical (unpaired) electrons. The third-order valence-corrected chi connectivity index (χ3v) is 3.73. The van der Waals surface area contributed by atoms with Crippen LogP contribution in [-0.4, -0.2) is 37.3 Å². The van der Waals surface area contributed by atoms with Crippen LogP contribution in [0.1, 0.15) is 13.0 Å². The molecule has 0 atom stereocenters. The molecular formula is C11H20O6S2. The zero-order valence-electron chi connectivity index (χ0n) is 10.6. The van der Waals surface area contributed by atoms with Gasteiger partial charge < -0.3 is 0 Å². The summed E-state index contributed by atoms with van der Waals surface area (Å²) in [5, 5.41) is 0. The minimum absolute atomic E-state index is 0. The summed E-state index contributed by atoms with van der Waals surface area (Å²) in [6.45, 7) is 1.89. The molecule has 0 aromatic heterocycles. The minimum Gasteiger partial charge on any atom is -0.274 e. The zero-order chi connectivity index (χ0) is 14.4. The summed E-state index contributed by atoms with van der Waals surface area (Å²) in [6.07, 6.45) is 0.993. The molecule has 0 fully saturated rings. The maximum Gasteiger partial charge on any atom is 0.296 e. The van der Waals surface area contributed by atoms with Crippen molar-refractivity contribution in [2.24, 2.45) is 0 Å². The van der Waals surface area contributed by atoms with Gasteiger partial charge in [0.15, 0.2) is 0 Å². The highest BCUT2D eigenvalue weighted by Crippen LogP contribution is 2.11. The first kappa shape index (κ1) is 20.4. The average molecular weight is 312 g/mol. The number of hydrogen-bond donors (Lipinski definition) is 0. The van der Waals surface area contributed by atoms with Crippen LogP contribution >= 0.6 is 0 Å². The molecule has 0 saturated heterocycles. The highest BCUT2D eigenvalue weighted by atomic mass is 32.2. The van der Waals surface area contributed by atoms with Gasteiger partial charge in [-0.1, -0.05) is 25.1 Å². The van der Waals surface area contributed by atoms with Crippen LogP contribution in [0.2, 0.25) is 0 Å². The highest BCUT2D eigenvalue weighted by Gasteiger charge is 2.10. The number of rotatable bonds is 3. The first-order chi connectivity index (χ1) is 8.12. The maximum atomic E-state index is 11.1. The number of benzene rings is 1. The van der Waals surface area contributed by atoms with Crippen molar-refractivity contribution in [2.75, 3.05) is 20.5 Å². The molecule has 0 aliphatic carbocycles. The molecule has 0 amide bonds. The third kappa shape index (κ3) is 8.71. The Morgan fingerprint density at radius 1 is 0.895 bits per heavy atom. The average Bonchev–Trinajstić information content (AvgIpc) is 2.29. The second-order valence-corrected chi connectivity index (χ2v) is 6.76. The smallest absolute Gasteiger partial charge is 0.274 e. The Morgan fingerprint density at radius 2 is 1.26 bits per heavy atom. The van der Waals surface area contributed by atoms with Gasteiger partial charge in [-0.15, -0.1) is 0 Å². The van der Waals surface area contributed by atoms with Crippen molar-refractivity contribution in [1.29, 1.82) is 0 Å². The summed E-state index contributed by atoms with van der Waals surface area (Å²) in [4.78, 5) is 0.190. The molecule has 0 saturated carbocycles. The van der Waals surface area contributed by atoms with E-state index < -0.39 is 20.2 Å². The lowest BCUT2D eigenvalue weighted by Gasteiger charge is -2.00. The van der Waals surface area contributed by atoms with Gasteiger partial charge >= 0.3 is 0 Å². The second kappa shape index (κ2) is 8.26. The van der Waals surface area contributed by atoms with Gasteiger partial charge in [0, 0.05) is 0 Å². The predicted octanol–water partition coefficient (Wildman–Crippen LogP) is 1.56. The SMILES string of the molecule is C.COS(=O)(=O)c1ccc(C)cc1.COS(C)(=O)=O. The van der Waals surface area contributed by atoms with Crippen molar-refractivity contribution in [3.8, 4) is 0 Å². The van der Waals surface area contributed by atoms with Crippen LogP contribution in [-0.2, 0) is 28.6 Å². The Hall–Kier alpha value is -0.960. The van der Waals surface area contributed by atoms with Gasteiger partial charge in [0.25, 0.3) is 20.2 Å². The highest BCUT2D eigenvalue weighted by molar-refractivity contribution is 7.86. The molecule has 6 nitrogen and oxygen atoms in total. The minimum atomic E-state index is -3.51. The fourth-order valence-corrected chi connectivity index (χ4v) is 1.46. The molecule has 1 rings (SSSR count). The van der Waals surface area contributed by atoms with Crippen LogP contribution in [0.3, 0.4) is 0 Å². The van der Waals surface area contributed by atoms with Crippen molar-refractivity contribution in [3.63, 3.8) is 0 Å². The fourth-order valence-electron chi connectivity index (χ4n) is 0.801. The van der Waals surface area contributed by atoms with E-state index in [1.54, 1.807) is 12.1 Å². The molecule has 112 valence electrons. The van der Waals surface area contributed by atoms with Crippen LogP contribution in [0.4, 0.5) is 0 Å². The molecular weight excluding hydrogens is 292 g/mol. The largest absolute Gasteiger partial charge is 0.296 e. The topological polar surface area (TPSA) is 86.7 Å². The lowest BCUT2D eigenvalue weighted by molar-refractivity contribution is 0.397. The van der Waals surface area contributed by atoms with E-state index in [4.69, 9.17) is 0 Å². The molecule has 19 heavy (non-hydrogen) atoms. The Bertz CT molecular complexity index is 558. The van der Waals surface area contributed by atoms with Crippen molar-refractivity contribution in [2.45, 2.75) is 19.2 Å². The number of aryl methyl sites for hydroxylation is 1. The Morgan fingerprint density at radius 3 is 1.53 bits per heavy atom. The third-order valence-electron chi connectivity index (χ3n) is 1.83. The van der Waals surface area contributed by atoms with Crippen LogP contribution in [0.15, 0.2) is 29.2 Å². The zero-order valence-corrected chi connectivity index (χ0v) is 12.2. The Balaban J connectivity index is 0. The van der Waals surface area contributed by atoms with Gasteiger partial charge in [0.1, 0.15) is 0 Å². The van der Waals surface area contributed by atoms with E-state index in [0.29, 0.717) is 0 Å². The van der Waals surface area contributed by atoms with E-state index in [1.165, 1.54) is 12.1 Å². The molecule has 0 spiro atoms. The van der Waals surface area contributed by atoms with Crippen molar-refractivity contribution in [3.05, 3.63) is 29.8 Å². The summed E-state index contributed by atoms with van der Waals surface area (Å²) >= 11 is 0. The van der Waals surface area contributed by atoms with Crippen LogP contribution in [0.5, 0.6) is 0 Å². The molecule has 0 N–H and O–H groups in total. The Labute approximate surface area is 115 Å². The standard InChI is InChI=1S/C8H10O3S.C2H6O3S.CH4/c1-7-3-5-8(6-4-7)12(9,10)11-2;1-5-6(2,3)4;/h3-6H,1-2H3;1-2H3;1H4. The molecule has 0 aliphatic heterocycles. The monoisotopic (exact) mass is 312 g/mol. The fraction of sp³-hybridized carbons (Fsp3) is 0.455. The van der Waals surface area contributed by atoms with Crippen molar-refractivity contribution < 1.29 is 25.2 Å². The summed E-state index contributed by atoms with van der Waals surface area (Å²) in [6, 6.07) is 6.50. The Kier molecular flexibility index (Phi) is 8.85. The lowest BCUT2D eigenvalue weighted by Crippen LogP contribution is -2.02. The molecule has 0 aliphatic rings. The van der Waals surface area contributed by atoms with Crippen LogP contribution in [0.25, 0.3) is 0 Å². The first-order valence-electron chi connectivity index (χ1n) is 4.75. The molecule has 0 unspecified atom stereocenters. The molecule has 1 aromatic carbocycles. The summed E-state index contributed by atoms with van der Waals surface area (Å²) in [5.74, 6) is 0. The molecule has 0 bridgehead atoms. The second-order valence-electron chi connectivity index (χ2n) is 3.30. The van der Waals surface area contributed by atoms with Gasteiger partial charge in [-0.2, -0.15) is 16.8 Å². The summed E-state index contributed by atoms with van der Waals surface area (Å²) < 4.78 is 50.0. The van der Waals surface area contributed by atoms with Gasteiger partial charge in [-0.3, -0.25) is 8.37 Å². The maximum absolute atomic E-state index is 11.1. The van der Waals surface area contributed by atoms with Gasteiger partial charge in [-0.05, 0) is 19.1 Å². The molecule has 0 heterocycles.